The predicted molar refractivity (Wildman–Crippen MR) is 160 cm³/mol. The van der Waals surface area contributed by atoms with E-state index in [1.54, 1.807) is 4.90 Å². The van der Waals surface area contributed by atoms with Gasteiger partial charge in [-0.1, -0.05) is 100 Å². The zero-order chi connectivity index (χ0) is 28.0. The van der Waals surface area contributed by atoms with Gasteiger partial charge in [0, 0.05) is 24.5 Å². The first-order valence-corrected chi connectivity index (χ1v) is 15.9. The number of hydrogen-bond acceptors (Lipinski definition) is 4. The summed E-state index contributed by atoms with van der Waals surface area (Å²) in [5.74, 6) is 0.129. The summed E-state index contributed by atoms with van der Waals surface area (Å²) < 4.78 is 6.94. The van der Waals surface area contributed by atoms with E-state index in [4.69, 9.17) is 4.74 Å². The number of rotatable bonds is 13. The quantitative estimate of drug-likeness (QED) is 0.268. The second-order valence-electron chi connectivity index (χ2n) is 12.6. The van der Waals surface area contributed by atoms with Gasteiger partial charge in [-0.3, -0.25) is 14.5 Å². The van der Waals surface area contributed by atoms with Crippen LogP contribution in [0.5, 0.6) is 0 Å². The highest BCUT2D eigenvalue weighted by Crippen LogP contribution is 2.44. The van der Waals surface area contributed by atoms with Gasteiger partial charge in [0.05, 0.1) is 11.5 Å². The van der Waals surface area contributed by atoms with Gasteiger partial charge in [0.1, 0.15) is 6.10 Å². The van der Waals surface area contributed by atoms with Crippen molar-refractivity contribution in [3.63, 3.8) is 0 Å². The molecule has 0 saturated carbocycles. The lowest BCUT2D eigenvalue weighted by Gasteiger charge is -2.44. The summed E-state index contributed by atoms with van der Waals surface area (Å²) in [6.07, 6.45) is 12.2. The van der Waals surface area contributed by atoms with Crippen LogP contribution in [0.4, 0.5) is 0 Å². The van der Waals surface area contributed by atoms with Gasteiger partial charge in [0.2, 0.25) is 11.8 Å². The van der Waals surface area contributed by atoms with E-state index in [2.05, 4.69) is 67.7 Å². The Labute approximate surface area is 241 Å². The minimum atomic E-state index is -0.347. The van der Waals surface area contributed by atoms with E-state index in [0.29, 0.717) is 19.0 Å². The van der Waals surface area contributed by atoms with Crippen molar-refractivity contribution in [3.8, 4) is 0 Å². The lowest BCUT2D eigenvalue weighted by molar-refractivity contribution is -0.159. The van der Waals surface area contributed by atoms with Crippen molar-refractivity contribution in [2.24, 2.45) is 5.41 Å². The van der Waals surface area contributed by atoms with Crippen molar-refractivity contribution in [2.45, 2.75) is 121 Å². The van der Waals surface area contributed by atoms with Crippen molar-refractivity contribution >= 4 is 11.8 Å². The second kappa shape index (κ2) is 13.0. The summed E-state index contributed by atoms with van der Waals surface area (Å²) in [6.45, 7) is 4.89. The first-order valence-electron chi connectivity index (χ1n) is 15.9. The Morgan fingerprint density at radius 3 is 2.12 bits per heavy atom. The molecule has 0 aromatic heterocycles. The van der Waals surface area contributed by atoms with Crippen LogP contribution in [0.1, 0.15) is 115 Å². The Hall–Kier alpha value is -2.50. The number of fused-ring (bicyclic) bond motifs is 2. The van der Waals surface area contributed by atoms with E-state index in [0.717, 1.165) is 77.0 Å². The van der Waals surface area contributed by atoms with Crippen molar-refractivity contribution in [1.82, 2.24) is 10.2 Å². The van der Waals surface area contributed by atoms with Gasteiger partial charge in [0.15, 0.2) is 0 Å². The van der Waals surface area contributed by atoms with E-state index in [1.165, 1.54) is 11.1 Å². The van der Waals surface area contributed by atoms with Crippen LogP contribution in [-0.4, -0.2) is 40.9 Å². The molecule has 3 atom stereocenters. The lowest BCUT2D eigenvalue weighted by atomic mass is 9.71. The number of hydrogen-bond donors (Lipinski definition) is 1. The molecule has 3 unspecified atom stereocenters. The van der Waals surface area contributed by atoms with Gasteiger partial charge in [-0.05, 0) is 62.5 Å². The number of unbranched alkanes of at least 4 members (excludes halogenated alkanes) is 2. The summed E-state index contributed by atoms with van der Waals surface area (Å²) in [5, 5.41) is 3.92. The van der Waals surface area contributed by atoms with Crippen molar-refractivity contribution in [3.05, 3.63) is 71.8 Å². The number of carbonyl (C=O) groups is 2. The van der Waals surface area contributed by atoms with E-state index in [-0.39, 0.29) is 35.0 Å². The van der Waals surface area contributed by atoms with Gasteiger partial charge in [-0.15, -0.1) is 0 Å². The Bertz CT molecular complexity index is 1070. The highest BCUT2D eigenvalue weighted by molar-refractivity contribution is 6.00. The Morgan fingerprint density at radius 2 is 1.52 bits per heavy atom. The average molecular weight is 545 g/mol. The molecule has 2 bridgehead atoms. The molecule has 0 aliphatic carbocycles. The van der Waals surface area contributed by atoms with Gasteiger partial charge < -0.3 is 10.1 Å². The average Bonchev–Trinajstić information content (AvgIpc) is 3.29. The van der Waals surface area contributed by atoms with E-state index in [1.807, 2.05) is 12.1 Å². The second-order valence-corrected chi connectivity index (χ2v) is 12.6. The SMILES string of the molecule is CCCCC1(CCCC)CCC(=O)N(CCC23CCC(CC(OC(c4ccccc4)c4ccccc4)C2)N3)C1=O. The largest absolute Gasteiger partial charge is 0.365 e. The third kappa shape index (κ3) is 6.36. The van der Waals surface area contributed by atoms with Gasteiger partial charge >= 0.3 is 0 Å². The Balaban J connectivity index is 1.29. The standard InChI is InChI=1S/C35H48N2O3/c1-3-5-19-34(20-6-4-2)21-18-31(38)37(33(34)39)24-23-35-22-17-29(36-35)25-30(26-35)40-32(27-13-9-7-10-14-27)28-15-11-8-12-16-28/h7-16,29-30,32,36H,3-6,17-26H2,1-2H3. The fourth-order valence-corrected chi connectivity index (χ4v) is 7.56. The number of imide groups is 1. The van der Waals surface area contributed by atoms with E-state index >= 15 is 0 Å². The van der Waals surface area contributed by atoms with Crippen molar-refractivity contribution < 1.29 is 14.3 Å². The minimum Gasteiger partial charge on any atom is -0.365 e. The number of nitrogens with one attached hydrogen (secondary N) is 1. The number of piperidine rings is 2. The van der Waals surface area contributed by atoms with Crippen LogP contribution < -0.4 is 5.32 Å². The molecular weight excluding hydrogens is 496 g/mol. The van der Waals surface area contributed by atoms with E-state index in [9.17, 15) is 9.59 Å². The highest BCUT2D eigenvalue weighted by atomic mass is 16.5. The predicted octanol–water partition coefficient (Wildman–Crippen LogP) is 7.35. The van der Waals surface area contributed by atoms with Crippen LogP contribution in [0.2, 0.25) is 0 Å². The molecule has 3 fully saturated rings. The molecule has 2 aromatic carbocycles. The van der Waals surface area contributed by atoms with Crippen LogP contribution in [0.25, 0.3) is 0 Å². The number of benzene rings is 2. The molecule has 3 aliphatic rings. The van der Waals surface area contributed by atoms with Crippen LogP contribution in [0.3, 0.4) is 0 Å². The fourth-order valence-electron chi connectivity index (χ4n) is 7.56. The minimum absolute atomic E-state index is 0.0244. The highest BCUT2D eigenvalue weighted by Gasteiger charge is 2.49. The molecule has 5 nitrogen and oxygen atoms in total. The maximum Gasteiger partial charge on any atom is 0.235 e. The molecule has 3 heterocycles. The normalized spacial score (nSPS) is 26.0. The molecule has 3 saturated heterocycles. The zero-order valence-corrected chi connectivity index (χ0v) is 24.6. The number of ether oxygens (including phenoxy) is 1. The Morgan fingerprint density at radius 1 is 0.900 bits per heavy atom. The van der Waals surface area contributed by atoms with Crippen LogP contribution in [-0.2, 0) is 14.3 Å². The third-order valence-corrected chi connectivity index (χ3v) is 9.83. The lowest BCUT2D eigenvalue weighted by Crippen LogP contribution is -2.56. The summed E-state index contributed by atoms with van der Waals surface area (Å²) in [7, 11) is 0. The number of likely N-dealkylation sites (tertiary alicyclic amines) is 1. The summed E-state index contributed by atoms with van der Waals surface area (Å²) in [4.78, 5) is 28.7. The Kier molecular flexibility index (Phi) is 9.42. The van der Waals surface area contributed by atoms with Crippen molar-refractivity contribution in [1.29, 1.82) is 0 Å². The molecule has 2 amide bonds. The van der Waals surface area contributed by atoms with Crippen LogP contribution in [0, 0.1) is 5.41 Å². The molecule has 0 radical (unpaired) electrons. The topological polar surface area (TPSA) is 58.6 Å². The van der Waals surface area contributed by atoms with Gasteiger partial charge in [-0.25, -0.2) is 0 Å². The summed E-state index contributed by atoms with van der Waals surface area (Å²) in [5.41, 5.74) is 1.92. The molecule has 2 aromatic rings. The molecular formula is C35H48N2O3. The van der Waals surface area contributed by atoms with Crippen LogP contribution in [0.15, 0.2) is 60.7 Å². The van der Waals surface area contributed by atoms with Gasteiger partial charge in [-0.2, -0.15) is 0 Å². The number of carbonyl (C=O) groups excluding carboxylic acids is 2. The van der Waals surface area contributed by atoms with Crippen molar-refractivity contribution in [2.75, 3.05) is 6.54 Å². The number of nitrogens with zero attached hydrogens (tertiary/aromatic N) is 1. The molecule has 5 rings (SSSR count). The molecule has 0 spiro atoms. The molecule has 40 heavy (non-hydrogen) atoms. The maximum atomic E-state index is 13.9. The third-order valence-electron chi connectivity index (χ3n) is 9.83. The molecule has 3 aliphatic heterocycles. The molecule has 5 heteroatoms. The van der Waals surface area contributed by atoms with Crippen LogP contribution >= 0.6 is 0 Å². The first kappa shape index (κ1) is 29.0. The number of amides is 2. The van der Waals surface area contributed by atoms with E-state index < -0.39 is 0 Å². The zero-order valence-electron chi connectivity index (χ0n) is 24.6. The summed E-state index contributed by atoms with van der Waals surface area (Å²) >= 11 is 0. The summed E-state index contributed by atoms with van der Waals surface area (Å²) in [6, 6.07) is 21.5. The monoisotopic (exact) mass is 544 g/mol. The van der Waals surface area contributed by atoms with Gasteiger partial charge in [0.25, 0.3) is 0 Å². The molecule has 1 N–H and O–H groups in total. The smallest absolute Gasteiger partial charge is 0.235 e. The first-order chi connectivity index (χ1) is 19.5. The maximum absolute atomic E-state index is 13.9. The molecule has 216 valence electrons. The fraction of sp³-hybridized carbons (Fsp3) is 0.600.